The first-order valence-electron chi connectivity index (χ1n) is 34.8. The molecule has 10 heteroatoms. The molecule has 0 spiro atoms. The van der Waals surface area contributed by atoms with Crippen LogP contribution in [-0.2, 0) is 27.9 Å². The first-order chi connectivity index (χ1) is 39.9. The van der Waals surface area contributed by atoms with E-state index in [9.17, 15) is 19.0 Å². The topological polar surface area (TPSA) is 111 Å². The molecule has 0 aliphatic rings. The number of quaternary nitrogens is 1. The third-order valence-corrected chi connectivity index (χ3v) is 16.4. The van der Waals surface area contributed by atoms with Crippen molar-refractivity contribution < 1.29 is 37.3 Å². The molecule has 0 bridgehead atoms. The first-order valence-corrected chi connectivity index (χ1v) is 36.3. The van der Waals surface area contributed by atoms with Gasteiger partial charge >= 0.3 is 13.8 Å². The summed E-state index contributed by atoms with van der Waals surface area (Å²) in [6, 6.07) is -0.849. The number of unbranched alkanes of at least 4 members (excludes halogenated alkanes) is 37. The maximum atomic E-state index is 13.6. The minimum Gasteiger partial charge on any atom is -0.456 e. The zero-order valence-corrected chi connectivity index (χ0v) is 55.6. The van der Waals surface area contributed by atoms with Gasteiger partial charge < -0.3 is 19.4 Å². The highest BCUT2D eigenvalue weighted by atomic mass is 31.2. The molecule has 0 radical (unpaired) electrons. The summed E-state index contributed by atoms with van der Waals surface area (Å²) in [5.74, 6) is -0.497. The molecule has 0 aromatic carbocycles. The van der Waals surface area contributed by atoms with Gasteiger partial charge in [0.25, 0.3) is 0 Å². The Hall–Kier alpha value is -2.55. The van der Waals surface area contributed by atoms with Crippen molar-refractivity contribution in [1.29, 1.82) is 0 Å². The summed E-state index contributed by atoms with van der Waals surface area (Å²) >= 11 is 0. The van der Waals surface area contributed by atoms with E-state index in [1.54, 1.807) is 0 Å². The quantitative estimate of drug-likeness (QED) is 0.0205. The molecule has 82 heavy (non-hydrogen) atoms. The molecule has 1 amide bonds. The Morgan fingerprint density at radius 2 is 0.780 bits per heavy atom. The minimum absolute atomic E-state index is 0.0399. The number of esters is 1. The zero-order valence-electron chi connectivity index (χ0n) is 54.7. The fraction of sp³-hybridized carbons (Fsp3) is 0.806. The highest BCUT2D eigenvalue weighted by Crippen LogP contribution is 2.43. The predicted octanol–water partition coefficient (Wildman–Crippen LogP) is 22.0. The summed E-state index contributed by atoms with van der Waals surface area (Å²) in [7, 11) is 1.50. The monoisotopic (exact) mass is 1170 g/mol. The van der Waals surface area contributed by atoms with Gasteiger partial charge in [-0.3, -0.25) is 18.6 Å². The molecule has 478 valence electrons. The van der Waals surface area contributed by atoms with E-state index in [0.29, 0.717) is 17.4 Å². The average molecular weight is 1170 g/mol. The van der Waals surface area contributed by atoms with Gasteiger partial charge in [0.1, 0.15) is 19.3 Å². The number of ether oxygens (including phenoxy) is 1. The van der Waals surface area contributed by atoms with Crippen molar-refractivity contribution >= 4 is 19.7 Å². The van der Waals surface area contributed by atoms with Crippen LogP contribution in [0.15, 0.2) is 72.9 Å². The fourth-order valence-electron chi connectivity index (χ4n) is 10.1. The summed E-state index contributed by atoms with van der Waals surface area (Å²) in [6.07, 6.45) is 80.5. The Kier molecular flexibility index (Phi) is 59.6. The van der Waals surface area contributed by atoms with Crippen molar-refractivity contribution in [3.63, 3.8) is 0 Å². The Bertz CT molecular complexity index is 1630. The van der Waals surface area contributed by atoms with Gasteiger partial charge in [-0.05, 0) is 76.7 Å². The van der Waals surface area contributed by atoms with Crippen LogP contribution in [0.5, 0.6) is 0 Å². The molecule has 3 unspecified atom stereocenters. The van der Waals surface area contributed by atoms with Gasteiger partial charge in [-0.2, -0.15) is 0 Å². The third-order valence-electron chi connectivity index (χ3n) is 15.4. The van der Waals surface area contributed by atoms with E-state index < -0.39 is 20.0 Å². The van der Waals surface area contributed by atoms with Crippen LogP contribution < -0.4 is 5.32 Å². The van der Waals surface area contributed by atoms with Crippen LogP contribution in [0.1, 0.15) is 323 Å². The summed E-state index contributed by atoms with van der Waals surface area (Å²) in [4.78, 5) is 37.9. The molecule has 0 heterocycles. The maximum Gasteiger partial charge on any atom is 0.472 e. The van der Waals surface area contributed by atoms with E-state index in [1.165, 1.54) is 199 Å². The SMILES string of the molecule is CC/C=C\C/C=C\C/C=C\C/C=C\C/C=C\CCCCCCCCCCCCCC(=O)OC(/C=C/CCCCCCCCCCCC)C(COP(=O)(O)OCC[N+](C)(C)C)NC(=O)CCCCCCCCCCCCCCCCCCC. The van der Waals surface area contributed by atoms with Crippen molar-refractivity contribution in [3.05, 3.63) is 72.9 Å². The third kappa shape index (κ3) is 62.0. The van der Waals surface area contributed by atoms with Crippen molar-refractivity contribution in [2.24, 2.45) is 0 Å². The van der Waals surface area contributed by atoms with Crippen molar-refractivity contribution in [3.8, 4) is 0 Å². The van der Waals surface area contributed by atoms with Crippen LogP contribution in [0.3, 0.4) is 0 Å². The van der Waals surface area contributed by atoms with Gasteiger partial charge in [0.15, 0.2) is 0 Å². The minimum atomic E-state index is -4.45. The van der Waals surface area contributed by atoms with Gasteiger partial charge in [0, 0.05) is 12.8 Å². The number of likely N-dealkylation sites (N-methyl/N-ethyl adjacent to an activating group) is 1. The largest absolute Gasteiger partial charge is 0.472 e. The highest BCUT2D eigenvalue weighted by Gasteiger charge is 2.30. The molecule has 3 atom stereocenters. The van der Waals surface area contributed by atoms with E-state index in [-0.39, 0.29) is 31.5 Å². The predicted molar refractivity (Wildman–Crippen MR) is 355 cm³/mol. The number of nitrogens with zero attached hydrogens (tertiary/aromatic N) is 1. The number of rotatable bonds is 63. The molecule has 0 aliphatic carbocycles. The lowest BCUT2D eigenvalue weighted by atomic mass is 10.0. The van der Waals surface area contributed by atoms with E-state index in [2.05, 4.69) is 86.8 Å². The standard InChI is InChI=1S/C72H133N2O7P/c1-7-10-13-16-19-22-25-28-30-32-33-34-35-36-37-38-39-40-41-43-45-47-50-53-56-59-62-65-72(76)81-70(63-60-57-54-51-48-27-24-21-18-15-12-9-3)69(68-80-82(77,78)79-67-66-74(4,5)6)73-71(75)64-61-58-55-52-49-46-44-42-31-29-26-23-20-17-14-11-8-2/h10,13,19,22,28,30,33-34,36-37,60,63,69-70H,7-9,11-12,14-18,20-21,23-27,29,31-32,35,38-59,61-62,64-68H2,1-6H3,(H-,73,75,77,78)/p+1/b13-10-,22-19-,30-28-,34-33-,37-36-,63-60+. The molecular formula is C72H134N2O7P+. The summed E-state index contributed by atoms with van der Waals surface area (Å²) in [6.45, 7) is 6.93. The lowest BCUT2D eigenvalue weighted by Gasteiger charge is -2.27. The Balaban J connectivity index is 5.05. The molecule has 0 saturated carbocycles. The molecule has 0 rings (SSSR count). The number of amides is 1. The van der Waals surface area contributed by atoms with Gasteiger partial charge in [-0.1, -0.05) is 306 Å². The average Bonchev–Trinajstić information content (AvgIpc) is 3.44. The van der Waals surface area contributed by atoms with Crippen molar-refractivity contribution in [1.82, 2.24) is 5.32 Å². The number of hydrogen-bond donors (Lipinski definition) is 2. The summed E-state index contributed by atoms with van der Waals surface area (Å²) in [5, 5.41) is 3.07. The van der Waals surface area contributed by atoms with Crippen LogP contribution in [-0.4, -0.2) is 74.3 Å². The second-order valence-corrected chi connectivity index (χ2v) is 26.1. The van der Waals surface area contributed by atoms with E-state index in [4.69, 9.17) is 13.8 Å². The fourth-order valence-corrected chi connectivity index (χ4v) is 10.8. The number of phosphoric ester groups is 1. The van der Waals surface area contributed by atoms with Crippen LogP contribution >= 0.6 is 7.82 Å². The molecule has 9 nitrogen and oxygen atoms in total. The molecule has 0 fully saturated rings. The van der Waals surface area contributed by atoms with Gasteiger partial charge in [0.2, 0.25) is 5.91 Å². The normalized spacial score (nSPS) is 14.0. The lowest BCUT2D eigenvalue weighted by Crippen LogP contribution is -2.47. The first kappa shape index (κ1) is 79.5. The van der Waals surface area contributed by atoms with E-state index in [1.807, 2.05) is 33.3 Å². The molecule has 0 saturated heterocycles. The van der Waals surface area contributed by atoms with Crippen LogP contribution in [0.25, 0.3) is 0 Å². The van der Waals surface area contributed by atoms with Crippen LogP contribution in [0.4, 0.5) is 0 Å². The zero-order chi connectivity index (χ0) is 60.0. The number of hydrogen-bond acceptors (Lipinski definition) is 6. The number of carbonyl (C=O) groups excluding carboxylic acids is 2. The molecule has 2 N–H and O–H groups in total. The van der Waals surface area contributed by atoms with E-state index >= 15 is 0 Å². The Morgan fingerprint density at radius 1 is 0.439 bits per heavy atom. The van der Waals surface area contributed by atoms with Gasteiger partial charge in [-0.15, -0.1) is 0 Å². The molecular weight excluding hydrogens is 1040 g/mol. The van der Waals surface area contributed by atoms with Gasteiger partial charge in [-0.25, -0.2) is 4.57 Å². The second kappa shape index (κ2) is 61.5. The number of nitrogens with one attached hydrogen (secondary N) is 1. The number of carbonyl (C=O) groups is 2. The Morgan fingerprint density at radius 3 is 1.17 bits per heavy atom. The maximum absolute atomic E-state index is 13.6. The molecule has 0 aromatic heterocycles. The summed E-state index contributed by atoms with van der Waals surface area (Å²) < 4.78 is 30.8. The van der Waals surface area contributed by atoms with Crippen LogP contribution in [0.2, 0.25) is 0 Å². The lowest BCUT2D eigenvalue weighted by molar-refractivity contribution is -0.870. The van der Waals surface area contributed by atoms with Crippen LogP contribution in [0, 0.1) is 0 Å². The number of phosphoric acid groups is 1. The summed E-state index contributed by atoms with van der Waals surface area (Å²) in [5.41, 5.74) is 0. The van der Waals surface area contributed by atoms with Gasteiger partial charge in [0.05, 0.1) is 33.8 Å². The van der Waals surface area contributed by atoms with Crippen molar-refractivity contribution in [2.45, 2.75) is 335 Å². The molecule has 0 aromatic rings. The number of allylic oxidation sites excluding steroid dienone is 11. The Labute approximate surface area is 508 Å². The second-order valence-electron chi connectivity index (χ2n) is 24.7. The molecule has 0 aliphatic heterocycles. The smallest absolute Gasteiger partial charge is 0.456 e. The highest BCUT2D eigenvalue weighted by molar-refractivity contribution is 7.47. The van der Waals surface area contributed by atoms with E-state index in [0.717, 1.165) is 89.9 Å². The van der Waals surface area contributed by atoms with Crippen molar-refractivity contribution in [2.75, 3.05) is 40.9 Å².